The maximum atomic E-state index is 6.03. The third-order valence-corrected chi connectivity index (χ3v) is 3.53. The Kier molecular flexibility index (Phi) is 2.98. The molecule has 2 rings (SSSR count). The molecule has 0 aliphatic carbocycles. The highest BCUT2D eigenvalue weighted by Crippen LogP contribution is 2.40. The van der Waals surface area contributed by atoms with Gasteiger partial charge in [0.2, 0.25) is 0 Å². The highest BCUT2D eigenvalue weighted by molar-refractivity contribution is 6.42. The first-order valence-corrected chi connectivity index (χ1v) is 5.91. The Morgan fingerprint density at radius 2 is 1.40 bits per heavy atom. The maximum Gasteiger partial charge on any atom is 0.0903 e. The molecular formula is C11H14Cl2N2. The highest BCUT2D eigenvalue weighted by atomic mass is 35.5. The molecule has 0 saturated carbocycles. The average Bonchev–Trinajstić information content (AvgIpc) is 2.56. The zero-order chi connectivity index (χ0) is 11.0. The molecule has 0 bridgehead atoms. The molecule has 2 nitrogen and oxygen atoms in total. The van der Waals surface area contributed by atoms with E-state index in [1.807, 2.05) is 12.1 Å². The molecule has 1 aromatic rings. The summed E-state index contributed by atoms with van der Waals surface area (Å²) in [4.78, 5) is 4.59. The van der Waals surface area contributed by atoms with Crippen LogP contribution in [-0.4, -0.2) is 19.8 Å². The summed E-state index contributed by atoms with van der Waals surface area (Å²) in [5.74, 6) is 0. The zero-order valence-electron chi connectivity index (χ0n) is 8.93. The van der Waals surface area contributed by atoms with E-state index in [0.29, 0.717) is 10.0 Å². The fraction of sp³-hybridized carbons (Fsp3) is 0.455. The Hall–Kier alpha value is -0.600. The van der Waals surface area contributed by atoms with Crippen LogP contribution in [0.4, 0.5) is 11.4 Å². The fourth-order valence-corrected chi connectivity index (χ4v) is 2.25. The Morgan fingerprint density at radius 3 is 1.73 bits per heavy atom. The molecule has 0 aromatic heterocycles. The quantitative estimate of drug-likeness (QED) is 0.785. The van der Waals surface area contributed by atoms with Gasteiger partial charge in [0.05, 0.1) is 28.1 Å². The molecule has 1 aliphatic rings. The molecule has 0 N–H and O–H groups in total. The van der Waals surface area contributed by atoms with Crippen molar-refractivity contribution in [3.8, 4) is 0 Å². The van der Waals surface area contributed by atoms with Crippen LogP contribution < -0.4 is 9.80 Å². The second-order valence-electron chi connectivity index (χ2n) is 3.61. The first-order chi connectivity index (χ1) is 7.17. The Morgan fingerprint density at radius 1 is 1.00 bits per heavy atom. The Bertz CT molecular complexity index is 344. The lowest BCUT2D eigenvalue weighted by Gasteiger charge is -2.18. The van der Waals surface area contributed by atoms with Crippen LogP contribution in [0, 0.1) is 0 Å². The molecule has 15 heavy (non-hydrogen) atoms. The molecule has 4 heteroatoms. The smallest absolute Gasteiger partial charge is 0.0903 e. The molecule has 0 fully saturated rings. The second-order valence-corrected chi connectivity index (χ2v) is 4.42. The van der Waals surface area contributed by atoms with Crippen molar-refractivity contribution in [2.45, 2.75) is 13.8 Å². The van der Waals surface area contributed by atoms with Crippen LogP contribution in [-0.2, 0) is 0 Å². The summed E-state index contributed by atoms with van der Waals surface area (Å²) in [5.41, 5.74) is 2.38. The van der Waals surface area contributed by atoms with Crippen LogP contribution in [0.2, 0.25) is 10.0 Å². The zero-order valence-corrected chi connectivity index (χ0v) is 10.4. The number of fused-ring (bicyclic) bond motifs is 1. The molecule has 0 radical (unpaired) electrons. The minimum atomic E-state index is 0.631. The monoisotopic (exact) mass is 244 g/mol. The standard InChI is InChI=1S/C11H14Cl2N2/c1-3-14-7-15(4-2)11-6-9(13)8(12)5-10(11)14/h5-6H,3-4,7H2,1-2H3. The fourth-order valence-electron chi connectivity index (χ4n) is 1.93. The van der Waals surface area contributed by atoms with Crippen molar-refractivity contribution in [2.75, 3.05) is 29.6 Å². The first kappa shape index (κ1) is 10.9. The van der Waals surface area contributed by atoms with E-state index in [2.05, 4.69) is 23.6 Å². The average molecular weight is 245 g/mol. The molecular weight excluding hydrogens is 231 g/mol. The van der Waals surface area contributed by atoms with Crippen molar-refractivity contribution < 1.29 is 0 Å². The van der Waals surface area contributed by atoms with E-state index in [1.54, 1.807) is 0 Å². The summed E-state index contributed by atoms with van der Waals surface area (Å²) in [6.07, 6.45) is 0. The predicted octanol–water partition coefficient (Wildman–Crippen LogP) is 3.62. The molecule has 1 aromatic carbocycles. The van der Waals surface area contributed by atoms with Gasteiger partial charge in [-0.25, -0.2) is 0 Å². The maximum absolute atomic E-state index is 6.03. The van der Waals surface area contributed by atoms with Crippen molar-refractivity contribution in [3.05, 3.63) is 22.2 Å². The van der Waals surface area contributed by atoms with Crippen LogP contribution in [0.1, 0.15) is 13.8 Å². The van der Waals surface area contributed by atoms with Crippen molar-refractivity contribution in [3.63, 3.8) is 0 Å². The van der Waals surface area contributed by atoms with Crippen molar-refractivity contribution in [1.29, 1.82) is 0 Å². The summed E-state index contributed by atoms with van der Waals surface area (Å²) in [6.45, 7) is 7.19. The molecule has 1 aliphatic heterocycles. The summed E-state index contributed by atoms with van der Waals surface area (Å²) in [7, 11) is 0. The van der Waals surface area contributed by atoms with Crippen LogP contribution in [0.25, 0.3) is 0 Å². The van der Waals surface area contributed by atoms with Gasteiger partial charge in [0.15, 0.2) is 0 Å². The third kappa shape index (κ3) is 1.77. The Balaban J connectivity index is 2.49. The number of rotatable bonds is 2. The van der Waals surface area contributed by atoms with E-state index in [1.165, 1.54) is 11.4 Å². The number of nitrogens with zero attached hydrogens (tertiary/aromatic N) is 2. The van der Waals surface area contributed by atoms with E-state index in [4.69, 9.17) is 23.2 Å². The predicted molar refractivity (Wildman–Crippen MR) is 67.4 cm³/mol. The summed E-state index contributed by atoms with van der Waals surface area (Å²) < 4.78 is 0. The van der Waals surface area contributed by atoms with Crippen molar-refractivity contribution >= 4 is 34.6 Å². The minimum Gasteiger partial charge on any atom is -0.352 e. The van der Waals surface area contributed by atoms with Gasteiger partial charge < -0.3 is 9.80 Å². The topological polar surface area (TPSA) is 6.48 Å². The van der Waals surface area contributed by atoms with Crippen LogP contribution >= 0.6 is 23.2 Å². The van der Waals surface area contributed by atoms with Gasteiger partial charge in [-0.15, -0.1) is 0 Å². The van der Waals surface area contributed by atoms with Crippen molar-refractivity contribution in [1.82, 2.24) is 0 Å². The number of hydrogen-bond donors (Lipinski definition) is 0. The largest absolute Gasteiger partial charge is 0.352 e. The van der Waals surface area contributed by atoms with Gasteiger partial charge in [-0.3, -0.25) is 0 Å². The lowest BCUT2D eigenvalue weighted by molar-refractivity contribution is 0.801. The normalized spacial score (nSPS) is 14.7. The van der Waals surface area contributed by atoms with Crippen molar-refractivity contribution in [2.24, 2.45) is 0 Å². The molecule has 82 valence electrons. The van der Waals surface area contributed by atoms with Gasteiger partial charge in [-0.2, -0.15) is 0 Å². The van der Waals surface area contributed by atoms with Crippen LogP contribution in [0.5, 0.6) is 0 Å². The van der Waals surface area contributed by atoms with Gasteiger partial charge in [-0.05, 0) is 26.0 Å². The van der Waals surface area contributed by atoms with Gasteiger partial charge >= 0.3 is 0 Å². The van der Waals surface area contributed by atoms with E-state index >= 15 is 0 Å². The van der Waals surface area contributed by atoms with E-state index < -0.39 is 0 Å². The molecule has 0 amide bonds. The van der Waals surface area contributed by atoms with Gasteiger partial charge in [0, 0.05) is 13.1 Å². The first-order valence-electron chi connectivity index (χ1n) is 5.16. The minimum absolute atomic E-state index is 0.631. The van der Waals surface area contributed by atoms with Crippen LogP contribution in [0.15, 0.2) is 12.1 Å². The van der Waals surface area contributed by atoms with E-state index in [-0.39, 0.29) is 0 Å². The van der Waals surface area contributed by atoms with E-state index in [0.717, 1.165) is 19.8 Å². The second kappa shape index (κ2) is 4.11. The molecule has 0 saturated heterocycles. The third-order valence-electron chi connectivity index (χ3n) is 2.80. The van der Waals surface area contributed by atoms with Gasteiger partial charge in [0.25, 0.3) is 0 Å². The summed E-state index contributed by atoms with van der Waals surface area (Å²) >= 11 is 12.1. The van der Waals surface area contributed by atoms with Gasteiger partial charge in [0.1, 0.15) is 0 Å². The molecule has 0 spiro atoms. The number of benzene rings is 1. The lowest BCUT2D eigenvalue weighted by atomic mass is 10.2. The number of halogens is 2. The molecule has 0 atom stereocenters. The van der Waals surface area contributed by atoms with E-state index in [9.17, 15) is 0 Å². The Labute approximate surface area is 100 Å². The summed E-state index contributed by atoms with van der Waals surface area (Å²) in [6, 6.07) is 3.91. The van der Waals surface area contributed by atoms with Gasteiger partial charge in [-0.1, -0.05) is 23.2 Å². The molecule has 1 heterocycles. The highest BCUT2D eigenvalue weighted by Gasteiger charge is 2.24. The molecule has 0 unspecified atom stereocenters. The number of anilines is 2. The lowest BCUT2D eigenvalue weighted by Crippen LogP contribution is -2.30. The SMILES string of the molecule is CCN1CN(CC)c2cc(Cl)c(Cl)cc21. The van der Waals surface area contributed by atoms with Crippen LogP contribution in [0.3, 0.4) is 0 Å². The number of hydrogen-bond acceptors (Lipinski definition) is 2. The summed E-state index contributed by atoms with van der Waals surface area (Å²) in [5, 5.41) is 1.26.